The SMILES string of the molecule is CNC(Cc1ccccc1OC)c1ccncc1F. The highest BCUT2D eigenvalue weighted by Gasteiger charge is 2.16. The lowest BCUT2D eigenvalue weighted by Gasteiger charge is -2.18. The number of pyridine rings is 1. The van der Waals surface area contributed by atoms with Crippen LogP contribution in [0.3, 0.4) is 0 Å². The average Bonchev–Trinajstić information content (AvgIpc) is 2.46. The summed E-state index contributed by atoms with van der Waals surface area (Å²) in [5.41, 5.74) is 1.66. The van der Waals surface area contributed by atoms with E-state index in [1.54, 1.807) is 19.4 Å². The maximum Gasteiger partial charge on any atom is 0.146 e. The molecule has 0 fully saturated rings. The number of rotatable bonds is 5. The van der Waals surface area contributed by atoms with E-state index in [1.807, 2.05) is 31.3 Å². The molecule has 0 saturated heterocycles. The van der Waals surface area contributed by atoms with Gasteiger partial charge in [0.05, 0.1) is 13.3 Å². The van der Waals surface area contributed by atoms with Crippen molar-refractivity contribution in [2.24, 2.45) is 0 Å². The van der Waals surface area contributed by atoms with E-state index in [1.165, 1.54) is 6.20 Å². The molecule has 1 N–H and O–H groups in total. The largest absolute Gasteiger partial charge is 0.496 e. The van der Waals surface area contributed by atoms with E-state index in [9.17, 15) is 4.39 Å². The normalized spacial score (nSPS) is 12.2. The maximum atomic E-state index is 13.8. The number of likely N-dealkylation sites (N-methyl/N-ethyl adjacent to an activating group) is 1. The lowest BCUT2D eigenvalue weighted by Crippen LogP contribution is -2.20. The Bertz CT molecular complexity index is 545. The molecule has 2 rings (SSSR count). The number of halogens is 1. The number of hydrogen-bond acceptors (Lipinski definition) is 3. The van der Waals surface area contributed by atoms with Crippen molar-refractivity contribution in [3.63, 3.8) is 0 Å². The van der Waals surface area contributed by atoms with Crippen molar-refractivity contribution in [1.29, 1.82) is 0 Å². The first-order chi connectivity index (χ1) is 9.26. The van der Waals surface area contributed by atoms with Crippen LogP contribution in [-0.4, -0.2) is 19.1 Å². The lowest BCUT2D eigenvalue weighted by molar-refractivity contribution is 0.406. The van der Waals surface area contributed by atoms with E-state index >= 15 is 0 Å². The van der Waals surface area contributed by atoms with Gasteiger partial charge in [-0.1, -0.05) is 18.2 Å². The molecule has 0 aliphatic rings. The quantitative estimate of drug-likeness (QED) is 0.897. The molecule has 0 spiro atoms. The van der Waals surface area contributed by atoms with E-state index in [4.69, 9.17) is 4.74 Å². The Balaban J connectivity index is 2.27. The molecule has 0 aliphatic heterocycles. The van der Waals surface area contributed by atoms with Gasteiger partial charge in [-0.2, -0.15) is 0 Å². The minimum absolute atomic E-state index is 0.112. The summed E-state index contributed by atoms with van der Waals surface area (Å²) >= 11 is 0. The van der Waals surface area contributed by atoms with Crippen LogP contribution in [0.2, 0.25) is 0 Å². The Hall–Kier alpha value is -1.94. The smallest absolute Gasteiger partial charge is 0.146 e. The van der Waals surface area contributed by atoms with Crippen LogP contribution in [0, 0.1) is 5.82 Å². The fourth-order valence-electron chi connectivity index (χ4n) is 2.13. The Kier molecular flexibility index (Phi) is 4.47. The fraction of sp³-hybridized carbons (Fsp3) is 0.267. The van der Waals surface area contributed by atoms with Crippen LogP contribution in [-0.2, 0) is 6.42 Å². The summed E-state index contributed by atoms with van der Waals surface area (Å²) in [6.45, 7) is 0. The van der Waals surface area contributed by atoms with Crippen LogP contribution < -0.4 is 10.1 Å². The van der Waals surface area contributed by atoms with Crippen molar-refractivity contribution in [3.05, 3.63) is 59.7 Å². The Morgan fingerprint density at radius 2 is 2.11 bits per heavy atom. The zero-order valence-electron chi connectivity index (χ0n) is 11.1. The highest BCUT2D eigenvalue weighted by atomic mass is 19.1. The molecule has 4 heteroatoms. The second-order valence-electron chi connectivity index (χ2n) is 4.25. The standard InChI is InChI=1S/C15H17FN2O/c1-17-14(12-7-8-18-10-13(12)16)9-11-5-3-4-6-15(11)19-2/h3-8,10,14,17H,9H2,1-2H3. The molecule has 1 aromatic heterocycles. The zero-order chi connectivity index (χ0) is 13.7. The molecule has 2 aromatic rings. The van der Waals surface area contributed by atoms with Crippen molar-refractivity contribution in [3.8, 4) is 5.75 Å². The first-order valence-electron chi connectivity index (χ1n) is 6.14. The van der Waals surface area contributed by atoms with Gasteiger partial charge in [0, 0.05) is 17.8 Å². The molecule has 0 aliphatic carbocycles. The van der Waals surface area contributed by atoms with Crippen LogP contribution in [0.1, 0.15) is 17.2 Å². The molecule has 0 radical (unpaired) electrons. The predicted octanol–water partition coefficient (Wildman–Crippen LogP) is 2.73. The van der Waals surface area contributed by atoms with Crippen LogP contribution in [0.5, 0.6) is 5.75 Å². The van der Waals surface area contributed by atoms with Crippen molar-refractivity contribution in [2.45, 2.75) is 12.5 Å². The first kappa shape index (κ1) is 13.5. The first-order valence-corrected chi connectivity index (χ1v) is 6.14. The number of para-hydroxylation sites is 1. The summed E-state index contributed by atoms with van der Waals surface area (Å²) < 4.78 is 19.1. The molecule has 1 heterocycles. The maximum absolute atomic E-state index is 13.8. The van der Waals surface area contributed by atoms with Crippen LogP contribution in [0.25, 0.3) is 0 Å². The third-order valence-corrected chi connectivity index (χ3v) is 3.14. The Morgan fingerprint density at radius 3 is 2.79 bits per heavy atom. The van der Waals surface area contributed by atoms with Crippen LogP contribution >= 0.6 is 0 Å². The Morgan fingerprint density at radius 1 is 1.32 bits per heavy atom. The summed E-state index contributed by atoms with van der Waals surface area (Å²) in [6.07, 6.45) is 3.49. The summed E-state index contributed by atoms with van der Waals surface area (Å²) in [7, 11) is 3.46. The number of nitrogens with one attached hydrogen (secondary N) is 1. The number of hydrogen-bond donors (Lipinski definition) is 1. The van der Waals surface area contributed by atoms with E-state index in [2.05, 4.69) is 10.3 Å². The minimum Gasteiger partial charge on any atom is -0.496 e. The summed E-state index contributed by atoms with van der Waals surface area (Å²) in [6, 6.07) is 9.36. The van der Waals surface area contributed by atoms with Crippen molar-refractivity contribution >= 4 is 0 Å². The Labute approximate surface area is 112 Å². The van der Waals surface area contributed by atoms with Gasteiger partial charge in [0.1, 0.15) is 11.6 Å². The molecule has 19 heavy (non-hydrogen) atoms. The monoisotopic (exact) mass is 260 g/mol. The van der Waals surface area contributed by atoms with Crippen molar-refractivity contribution in [2.75, 3.05) is 14.2 Å². The van der Waals surface area contributed by atoms with Gasteiger partial charge < -0.3 is 10.1 Å². The van der Waals surface area contributed by atoms with E-state index in [-0.39, 0.29) is 11.9 Å². The van der Waals surface area contributed by atoms with Crippen molar-refractivity contribution < 1.29 is 9.13 Å². The van der Waals surface area contributed by atoms with Gasteiger partial charge in [0.15, 0.2) is 0 Å². The molecular weight excluding hydrogens is 243 g/mol. The molecule has 0 amide bonds. The minimum atomic E-state index is -0.295. The van der Waals surface area contributed by atoms with Gasteiger partial charge in [0.25, 0.3) is 0 Å². The molecule has 3 nitrogen and oxygen atoms in total. The number of aromatic nitrogens is 1. The molecule has 0 bridgehead atoms. The topological polar surface area (TPSA) is 34.1 Å². The highest BCUT2D eigenvalue weighted by molar-refractivity contribution is 5.35. The molecule has 0 saturated carbocycles. The highest BCUT2D eigenvalue weighted by Crippen LogP contribution is 2.25. The van der Waals surface area contributed by atoms with Crippen molar-refractivity contribution in [1.82, 2.24) is 10.3 Å². The fourth-order valence-corrected chi connectivity index (χ4v) is 2.13. The summed E-state index contributed by atoms with van der Waals surface area (Å²) in [5, 5.41) is 3.14. The molecule has 1 aromatic carbocycles. The van der Waals surface area contributed by atoms with Gasteiger partial charge in [-0.15, -0.1) is 0 Å². The predicted molar refractivity (Wildman–Crippen MR) is 72.7 cm³/mol. The molecular formula is C15H17FN2O. The second-order valence-corrected chi connectivity index (χ2v) is 4.25. The zero-order valence-corrected chi connectivity index (χ0v) is 11.1. The number of nitrogens with zero attached hydrogens (tertiary/aromatic N) is 1. The molecule has 1 unspecified atom stereocenters. The molecule has 100 valence electrons. The lowest BCUT2D eigenvalue weighted by atomic mass is 9.99. The van der Waals surface area contributed by atoms with E-state index in [0.717, 1.165) is 11.3 Å². The van der Waals surface area contributed by atoms with Gasteiger partial charge >= 0.3 is 0 Å². The van der Waals surface area contributed by atoms with Gasteiger partial charge in [0.2, 0.25) is 0 Å². The third-order valence-electron chi connectivity index (χ3n) is 3.14. The number of benzene rings is 1. The summed E-state index contributed by atoms with van der Waals surface area (Å²) in [4.78, 5) is 3.77. The van der Waals surface area contributed by atoms with E-state index in [0.29, 0.717) is 12.0 Å². The van der Waals surface area contributed by atoms with Gasteiger partial charge in [-0.05, 0) is 31.2 Å². The van der Waals surface area contributed by atoms with Crippen LogP contribution in [0.15, 0.2) is 42.7 Å². The number of ether oxygens (including phenoxy) is 1. The summed E-state index contributed by atoms with van der Waals surface area (Å²) in [5.74, 6) is 0.522. The third kappa shape index (κ3) is 3.09. The second kappa shape index (κ2) is 6.29. The van der Waals surface area contributed by atoms with Gasteiger partial charge in [-0.3, -0.25) is 4.98 Å². The van der Waals surface area contributed by atoms with E-state index < -0.39 is 0 Å². The average molecular weight is 260 g/mol. The van der Waals surface area contributed by atoms with Gasteiger partial charge in [-0.25, -0.2) is 4.39 Å². The number of methoxy groups -OCH3 is 1. The van der Waals surface area contributed by atoms with Crippen LogP contribution in [0.4, 0.5) is 4.39 Å². The molecule has 1 atom stereocenters.